The van der Waals surface area contributed by atoms with Crippen LogP contribution in [0, 0.1) is 0 Å². The molecule has 1 aliphatic rings. The Balaban J connectivity index is 0.00000841. The Kier molecular flexibility index (Phi) is 16.9. The first-order valence-electron chi connectivity index (χ1n) is 11.1. The van der Waals surface area contributed by atoms with Gasteiger partial charge >= 0.3 is 0 Å². The number of unbranched alkanes of at least 4 members (excludes halogenated alkanes) is 5. The second kappa shape index (κ2) is 16.8. The summed E-state index contributed by atoms with van der Waals surface area (Å²) < 4.78 is 35.4. The van der Waals surface area contributed by atoms with Crippen molar-refractivity contribution < 1.29 is 49.9 Å². The maximum atomic E-state index is 6.13. The number of nitrogens with zero attached hydrogens (tertiary/aromatic N) is 1. The van der Waals surface area contributed by atoms with Gasteiger partial charge in [-0.3, -0.25) is 0 Å². The molecule has 0 spiro atoms. The van der Waals surface area contributed by atoms with Crippen LogP contribution in [0.4, 0.5) is 0 Å². The standard InChI is InChI=1S/C22H46NO6.BrH/c1-8-9-10-11-12-13-14-23(2,3)15-16-28-22-21(27-7)20(26-6)19(25-5)18(29-22)17-24-4;/h18-22H,8-17H2,1-7H3;1H/q+1;/p-1. The molecular weight excluding hydrogens is 454 g/mol. The number of rotatable bonds is 16. The monoisotopic (exact) mass is 499 g/mol. The topological polar surface area (TPSA) is 55.4 Å². The van der Waals surface area contributed by atoms with E-state index in [4.69, 9.17) is 28.4 Å². The largest absolute Gasteiger partial charge is 1.00 e. The Morgan fingerprint density at radius 1 is 0.767 bits per heavy atom. The molecule has 0 N–H and O–H groups in total. The maximum absolute atomic E-state index is 6.13. The van der Waals surface area contributed by atoms with E-state index in [2.05, 4.69) is 21.0 Å². The molecule has 1 aliphatic heterocycles. The molecule has 0 bridgehead atoms. The summed E-state index contributed by atoms with van der Waals surface area (Å²) in [6.07, 6.45) is 6.23. The van der Waals surface area contributed by atoms with Crippen LogP contribution in [0.3, 0.4) is 0 Å². The lowest BCUT2D eigenvalue weighted by atomic mass is 9.98. The number of hydrogen-bond acceptors (Lipinski definition) is 6. The van der Waals surface area contributed by atoms with Crippen LogP contribution < -0.4 is 17.0 Å². The third-order valence-electron chi connectivity index (χ3n) is 5.83. The maximum Gasteiger partial charge on any atom is 0.187 e. The van der Waals surface area contributed by atoms with Gasteiger partial charge in [0, 0.05) is 28.4 Å². The minimum Gasteiger partial charge on any atom is -1.00 e. The minimum atomic E-state index is -0.509. The van der Waals surface area contributed by atoms with Crippen LogP contribution in [-0.2, 0) is 28.4 Å². The van der Waals surface area contributed by atoms with Crippen LogP contribution >= 0.6 is 0 Å². The first kappa shape index (κ1) is 30.2. The normalized spacial score (nSPS) is 27.1. The van der Waals surface area contributed by atoms with E-state index in [1.807, 2.05) is 0 Å². The lowest BCUT2D eigenvalue weighted by Gasteiger charge is -2.44. The molecule has 0 amide bonds. The molecule has 1 heterocycles. The van der Waals surface area contributed by atoms with Crippen molar-refractivity contribution in [3.8, 4) is 0 Å². The van der Waals surface area contributed by atoms with Crippen molar-refractivity contribution in [1.82, 2.24) is 0 Å². The summed E-state index contributed by atoms with van der Waals surface area (Å²) in [4.78, 5) is 0. The van der Waals surface area contributed by atoms with Crippen molar-refractivity contribution in [2.45, 2.75) is 76.2 Å². The van der Waals surface area contributed by atoms with E-state index < -0.39 is 6.29 Å². The second-order valence-corrected chi connectivity index (χ2v) is 8.62. The van der Waals surface area contributed by atoms with Gasteiger partial charge in [-0.05, 0) is 12.8 Å². The van der Waals surface area contributed by atoms with Gasteiger partial charge < -0.3 is 49.9 Å². The highest BCUT2D eigenvalue weighted by Crippen LogP contribution is 2.28. The van der Waals surface area contributed by atoms with Crippen LogP contribution in [-0.4, -0.2) is 104 Å². The fourth-order valence-corrected chi connectivity index (χ4v) is 3.96. The van der Waals surface area contributed by atoms with E-state index in [1.54, 1.807) is 28.4 Å². The first-order chi connectivity index (χ1) is 13.9. The zero-order valence-corrected chi connectivity index (χ0v) is 21.8. The van der Waals surface area contributed by atoms with Crippen molar-refractivity contribution in [3.63, 3.8) is 0 Å². The summed E-state index contributed by atoms with van der Waals surface area (Å²) in [7, 11) is 11.1. The SMILES string of the molecule is CCCCCCCC[N+](C)(C)CCOC1OC(COC)C(OC)C(OC)C1OC.[Br-]. The van der Waals surface area contributed by atoms with E-state index in [0.29, 0.717) is 13.2 Å². The van der Waals surface area contributed by atoms with Crippen LogP contribution in [0.2, 0.25) is 0 Å². The van der Waals surface area contributed by atoms with Gasteiger partial charge in [0.25, 0.3) is 0 Å². The molecule has 1 rings (SSSR count). The average Bonchev–Trinajstić information content (AvgIpc) is 2.70. The van der Waals surface area contributed by atoms with Gasteiger partial charge in [0.2, 0.25) is 0 Å². The third kappa shape index (κ3) is 10.2. The zero-order chi connectivity index (χ0) is 21.7. The molecule has 0 radical (unpaired) electrons. The zero-order valence-electron chi connectivity index (χ0n) is 20.2. The minimum absolute atomic E-state index is 0. The fraction of sp³-hybridized carbons (Fsp3) is 1.00. The summed E-state index contributed by atoms with van der Waals surface area (Å²) >= 11 is 0. The Morgan fingerprint density at radius 2 is 1.37 bits per heavy atom. The summed E-state index contributed by atoms with van der Waals surface area (Å²) in [6, 6.07) is 0. The molecule has 8 heteroatoms. The summed E-state index contributed by atoms with van der Waals surface area (Å²) in [5.74, 6) is 0. The molecular formula is C22H46BrNO6. The lowest BCUT2D eigenvalue weighted by molar-refractivity contribution is -0.891. The van der Waals surface area contributed by atoms with Crippen LogP contribution in [0.5, 0.6) is 0 Å². The van der Waals surface area contributed by atoms with E-state index in [-0.39, 0.29) is 41.4 Å². The Morgan fingerprint density at radius 3 is 1.93 bits per heavy atom. The molecule has 0 aromatic carbocycles. The molecule has 5 unspecified atom stereocenters. The summed E-state index contributed by atoms with van der Waals surface area (Å²) in [5, 5.41) is 0. The molecule has 0 aromatic rings. The summed E-state index contributed by atoms with van der Waals surface area (Å²) in [5.41, 5.74) is 0. The lowest BCUT2D eigenvalue weighted by Crippen LogP contribution is -3.00. The smallest absolute Gasteiger partial charge is 0.187 e. The van der Waals surface area contributed by atoms with Crippen molar-refractivity contribution in [2.75, 3.05) is 68.8 Å². The number of ether oxygens (including phenoxy) is 6. The highest BCUT2D eigenvalue weighted by atomic mass is 79.9. The van der Waals surface area contributed by atoms with Crippen LogP contribution in [0.15, 0.2) is 0 Å². The van der Waals surface area contributed by atoms with Crippen molar-refractivity contribution in [1.29, 1.82) is 0 Å². The number of methoxy groups -OCH3 is 4. The van der Waals surface area contributed by atoms with Crippen molar-refractivity contribution >= 4 is 0 Å². The average molecular weight is 501 g/mol. The van der Waals surface area contributed by atoms with Gasteiger partial charge in [-0.2, -0.15) is 0 Å². The molecule has 30 heavy (non-hydrogen) atoms. The number of quaternary nitrogens is 1. The van der Waals surface area contributed by atoms with E-state index in [0.717, 1.165) is 17.6 Å². The van der Waals surface area contributed by atoms with E-state index in [1.165, 1.54) is 38.5 Å². The second-order valence-electron chi connectivity index (χ2n) is 8.62. The van der Waals surface area contributed by atoms with Gasteiger partial charge in [-0.15, -0.1) is 0 Å². The molecule has 5 atom stereocenters. The van der Waals surface area contributed by atoms with E-state index >= 15 is 0 Å². The predicted octanol–water partition coefficient (Wildman–Crippen LogP) is -0.140. The Hall–Kier alpha value is 0.200. The van der Waals surface area contributed by atoms with Gasteiger partial charge in [-0.1, -0.05) is 32.6 Å². The quantitative estimate of drug-likeness (QED) is 0.217. The molecule has 0 saturated carbocycles. The first-order valence-corrected chi connectivity index (χ1v) is 11.1. The summed E-state index contributed by atoms with van der Waals surface area (Å²) in [6.45, 7) is 5.35. The van der Waals surface area contributed by atoms with Gasteiger partial charge in [0.05, 0.1) is 33.9 Å². The van der Waals surface area contributed by atoms with Gasteiger partial charge in [0.1, 0.15) is 31.0 Å². The Bertz CT molecular complexity index is 415. The third-order valence-corrected chi connectivity index (χ3v) is 5.83. The van der Waals surface area contributed by atoms with Gasteiger partial charge in [-0.25, -0.2) is 0 Å². The highest BCUT2D eigenvalue weighted by molar-refractivity contribution is 4.92. The fourth-order valence-electron chi connectivity index (χ4n) is 3.96. The van der Waals surface area contributed by atoms with Crippen molar-refractivity contribution in [2.24, 2.45) is 0 Å². The molecule has 7 nitrogen and oxygen atoms in total. The highest BCUT2D eigenvalue weighted by Gasteiger charge is 2.47. The van der Waals surface area contributed by atoms with Crippen LogP contribution in [0.25, 0.3) is 0 Å². The molecule has 0 aromatic heterocycles. The predicted molar refractivity (Wildman–Crippen MR) is 114 cm³/mol. The molecule has 1 fully saturated rings. The molecule has 1 saturated heterocycles. The van der Waals surface area contributed by atoms with E-state index in [9.17, 15) is 0 Å². The Labute approximate surface area is 195 Å². The molecule has 182 valence electrons. The molecule has 0 aliphatic carbocycles. The number of likely N-dealkylation sites (N-methyl/N-ethyl adjacent to an activating group) is 1. The van der Waals surface area contributed by atoms with Crippen LogP contribution in [0.1, 0.15) is 45.4 Å². The van der Waals surface area contributed by atoms with Crippen molar-refractivity contribution in [3.05, 3.63) is 0 Å². The number of halogens is 1. The van der Waals surface area contributed by atoms with Gasteiger partial charge in [0.15, 0.2) is 6.29 Å². The number of hydrogen-bond donors (Lipinski definition) is 0.